The number of benzene rings is 1. The quantitative estimate of drug-likeness (QED) is 0.752. The molecule has 5 nitrogen and oxygen atoms in total. The summed E-state index contributed by atoms with van der Waals surface area (Å²) in [4.78, 5) is 13.9. The molecule has 1 fully saturated rings. The van der Waals surface area contributed by atoms with E-state index in [1.165, 1.54) is 7.11 Å². The molecule has 0 saturated carbocycles. The number of esters is 1. The van der Waals surface area contributed by atoms with Gasteiger partial charge < -0.3 is 14.2 Å². The first kappa shape index (κ1) is 15.6. The van der Waals surface area contributed by atoms with Crippen LogP contribution in [-0.4, -0.2) is 50.8 Å². The number of piperidine rings is 1. The SMILES string of the molecule is COC(=O)[C@H]1CCCCN1CCOc1ccc(OC)cc1. The van der Waals surface area contributed by atoms with Gasteiger partial charge in [-0.3, -0.25) is 9.69 Å². The van der Waals surface area contributed by atoms with Crippen LogP contribution in [0.1, 0.15) is 19.3 Å². The molecule has 1 aromatic carbocycles. The van der Waals surface area contributed by atoms with Gasteiger partial charge in [-0.15, -0.1) is 0 Å². The van der Waals surface area contributed by atoms with Crippen LogP contribution in [0, 0.1) is 0 Å². The summed E-state index contributed by atoms with van der Waals surface area (Å²) in [7, 11) is 3.09. The molecular weight excluding hydrogens is 270 g/mol. The third-order valence-corrected chi connectivity index (χ3v) is 3.79. The largest absolute Gasteiger partial charge is 0.497 e. The number of likely N-dealkylation sites (tertiary alicyclic amines) is 1. The number of carbonyl (C=O) groups is 1. The van der Waals surface area contributed by atoms with Crippen molar-refractivity contribution >= 4 is 5.97 Å². The van der Waals surface area contributed by atoms with Gasteiger partial charge in [0.15, 0.2) is 0 Å². The Bertz CT molecular complexity index is 446. The van der Waals surface area contributed by atoms with Crippen molar-refractivity contribution < 1.29 is 19.0 Å². The van der Waals surface area contributed by atoms with Crippen LogP contribution >= 0.6 is 0 Å². The van der Waals surface area contributed by atoms with Crippen LogP contribution in [0.3, 0.4) is 0 Å². The molecule has 0 radical (unpaired) electrons. The van der Waals surface area contributed by atoms with Crippen molar-refractivity contribution in [1.29, 1.82) is 0 Å². The van der Waals surface area contributed by atoms with Gasteiger partial charge in [0.05, 0.1) is 14.2 Å². The first-order chi connectivity index (χ1) is 10.2. The van der Waals surface area contributed by atoms with E-state index in [9.17, 15) is 4.79 Å². The van der Waals surface area contributed by atoms with E-state index >= 15 is 0 Å². The fourth-order valence-corrected chi connectivity index (χ4v) is 2.61. The fraction of sp³-hybridized carbons (Fsp3) is 0.562. The second-order valence-electron chi connectivity index (χ2n) is 5.09. The predicted molar refractivity (Wildman–Crippen MR) is 79.7 cm³/mol. The molecule has 0 spiro atoms. The highest BCUT2D eigenvalue weighted by molar-refractivity contribution is 5.75. The second kappa shape index (κ2) is 7.88. The first-order valence-electron chi connectivity index (χ1n) is 7.33. The third-order valence-electron chi connectivity index (χ3n) is 3.79. The first-order valence-corrected chi connectivity index (χ1v) is 7.33. The van der Waals surface area contributed by atoms with Crippen LogP contribution in [0.25, 0.3) is 0 Å². The van der Waals surface area contributed by atoms with Crippen molar-refractivity contribution in [2.75, 3.05) is 33.9 Å². The van der Waals surface area contributed by atoms with Crippen molar-refractivity contribution in [1.82, 2.24) is 4.90 Å². The van der Waals surface area contributed by atoms with Crippen molar-refractivity contribution in [3.05, 3.63) is 24.3 Å². The third kappa shape index (κ3) is 4.36. The minimum absolute atomic E-state index is 0.122. The van der Waals surface area contributed by atoms with Gasteiger partial charge in [-0.2, -0.15) is 0 Å². The van der Waals surface area contributed by atoms with Gasteiger partial charge in [-0.25, -0.2) is 0 Å². The van der Waals surface area contributed by atoms with Crippen LogP contribution in [-0.2, 0) is 9.53 Å². The maximum atomic E-state index is 11.8. The Balaban J connectivity index is 1.81. The molecule has 1 aliphatic heterocycles. The van der Waals surface area contributed by atoms with E-state index in [4.69, 9.17) is 14.2 Å². The lowest BCUT2D eigenvalue weighted by Gasteiger charge is -2.33. The van der Waals surface area contributed by atoms with Gasteiger partial charge in [0.1, 0.15) is 24.1 Å². The average molecular weight is 293 g/mol. The molecule has 1 heterocycles. The fourth-order valence-electron chi connectivity index (χ4n) is 2.61. The molecule has 1 atom stereocenters. The molecule has 21 heavy (non-hydrogen) atoms. The summed E-state index contributed by atoms with van der Waals surface area (Å²) in [6.45, 7) is 2.21. The number of methoxy groups -OCH3 is 2. The molecular formula is C16H23NO4. The van der Waals surface area contributed by atoms with E-state index in [0.29, 0.717) is 6.61 Å². The molecule has 0 aliphatic carbocycles. The molecule has 0 unspecified atom stereocenters. The minimum atomic E-state index is -0.140. The molecule has 1 aromatic rings. The highest BCUT2D eigenvalue weighted by Crippen LogP contribution is 2.19. The van der Waals surface area contributed by atoms with E-state index in [1.54, 1.807) is 7.11 Å². The Morgan fingerprint density at radius 3 is 2.57 bits per heavy atom. The van der Waals surface area contributed by atoms with Crippen molar-refractivity contribution in [2.24, 2.45) is 0 Å². The van der Waals surface area contributed by atoms with Crippen LogP contribution in [0.5, 0.6) is 11.5 Å². The number of rotatable bonds is 6. The Hall–Kier alpha value is -1.75. The van der Waals surface area contributed by atoms with Crippen molar-refractivity contribution in [3.63, 3.8) is 0 Å². The highest BCUT2D eigenvalue weighted by atomic mass is 16.5. The van der Waals surface area contributed by atoms with E-state index in [0.717, 1.165) is 43.9 Å². The molecule has 0 bridgehead atoms. The van der Waals surface area contributed by atoms with E-state index in [2.05, 4.69) is 4.90 Å². The molecule has 5 heteroatoms. The average Bonchev–Trinajstić information content (AvgIpc) is 2.55. The van der Waals surface area contributed by atoms with Crippen LogP contribution in [0.15, 0.2) is 24.3 Å². The number of hydrogen-bond acceptors (Lipinski definition) is 5. The standard InChI is InChI=1S/C16H23NO4/c1-19-13-6-8-14(9-7-13)21-12-11-17-10-4-3-5-15(17)16(18)20-2/h6-9,15H,3-5,10-12H2,1-2H3/t15-/m1/s1. The summed E-state index contributed by atoms with van der Waals surface area (Å²) in [5, 5.41) is 0. The number of hydrogen-bond donors (Lipinski definition) is 0. The van der Waals surface area contributed by atoms with Crippen LogP contribution in [0.4, 0.5) is 0 Å². The van der Waals surface area contributed by atoms with Gasteiger partial charge in [-0.1, -0.05) is 6.42 Å². The summed E-state index contributed by atoms with van der Waals surface area (Å²) in [6, 6.07) is 7.38. The van der Waals surface area contributed by atoms with Crippen LogP contribution in [0.2, 0.25) is 0 Å². The van der Waals surface area contributed by atoms with E-state index in [1.807, 2.05) is 24.3 Å². The Morgan fingerprint density at radius 1 is 1.19 bits per heavy atom. The summed E-state index contributed by atoms with van der Waals surface area (Å²) >= 11 is 0. The molecule has 1 saturated heterocycles. The number of carbonyl (C=O) groups excluding carboxylic acids is 1. The summed E-state index contributed by atoms with van der Waals surface area (Å²) in [6.07, 6.45) is 3.07. The van der Waals surface area contributed by atoms with E-state index in [-0.39, 0.29) is 12.0 Å². The summed E-state index contributed by atoms with van der Waals surface area (Å²) in [5.74, 6) is 1.48. The predicted octanol–water partition coefficient (Wildman–Crippen LogP) is 2.10. The maximum Gasteiger partial charge on any atom is 0.323 e. The summed E-state index contributed by atoms with van der Waals surface area (Å²) < 4.78 is 15.7. The monoisotopic (exact) mass is 293 g/mol. The smallest absolute Gasteiger partial charge is 0.323 e. The van der Waals surface area contributed by atoms with Gasteiger partial charge in [0.25, 0.3) is 0 Å². The van der Waals surface area contributed by atoms with Crippen molar-refractivity contribution in [3.8, 4) is 11.5 Å². The summed E-state index contributed by atoms with van der Waals surface area (Å²) in [5.41, 5.74) is 0. The number of ether oxygens (including phenoxy) is 3. The lowest BCUT2D eigenvalue weighted by atomic mass is 10.0. The zero-order chi connectivity index (χ0) is 15.1. The molecule has 116 valence electrons. The molecule has 0 aromatic heterocycles. The van der Waals surface area contributed by atoms with Crippen LogP contribution < -0.4 is 9.47 Å². The van der Waals surface area contributed by atoms with Gasteiger partial charge in [0, 0.05) is 6.54 Å². The minimum Gasteiger partial charge on any atom is -0.497 e. The number of nitrogens with zero attached hydrogens (tertiary/aromatic N) is 1. The highest BCUT2D eigenvalue weighted by Gasteiger charge is 2.28. The van der Waals surface area contributed by atoms with Crippen molar-refractivity contribution in [2.45, 2.75) is 25.3 Å². The molecule has 1 aliphatic rings. The molecule has 2 rings (SSSR count). The lowest BCUT2D eigenvalue weighted by molar-refractivity contribution is -0.148. The Morgan fingerprint density at radius 2 is 1.90 bits per heavy atom. The molecule has 0 amide bonds. The van der Waals surface area contributed by atoms with Gasteiger partial charge in [-0.05, 0) is 43.7 Å². The van der Waals surface area contributed by atoms with Gasteiger partial charge >= 0.3 is 5.97 Å². The Labute approximate surface area is 125 Å². The van der Waals surface area contributed by atoms with E-state index < -0.39 is 0 Å². The lowest BCUT2D eigenvalue weighted by Crippen LogP contribution is -2.46. The second-order valence-corrected chi connectivity index (χ2v) is 5.09. The maximum absolute atomic E-state index is 11.8. The zero-order valence-electron chi connectivity index (χ0n) is 12.7. The normalized spacial score (nSPS) is 19.0. The topological polar surface area (TPSA) is 48.0 Å². The zero-order valence-corrected chi connectivity index (χ0v) is 12.7. The molecule has 0 N–H and O–H groups in total. The van der Waals surface area contributed by atoms with Gasteiger partial charge in [0.2, 0.25) is 0 Å². The Kier molecular flexibility index (Phi) is 5.87.